The van der Waals surface area contributed by atoms with Crippen LogP contribution < -0.4 is 18.9 Å². The summed E-state index contributed by atoms with van der Waals surface area (Å²) in [5, 5.41) is 18.1. The highest BCUT2D eigenvalue weighted by atomic mass is 32.1. The van der Waals surface area contributed by atoms with Gasteiger partial charge in [-0.15, -0.1) is 22.7 Å². The Balaban J connectivity index is 1.41. The number of benzene rings is 1. The predicted molar refractivity (Wildman–Crippen MR) is 157 cm³/mol. The molecular weight excluding hydrogens is 605 g/mol. The number of ether oxygens (including phenoxy) is 4. The number of methoxy groups -OCH3 is 2. The molecule has 1 unspecified atom stereocenters. The summed E-state index contributed by atoms with van der Waals surface area (Å²) in [7, 11) is 2.82. The molecule has 4 rings (SSSR count). The van der Waals surface area contributed by atoms with Crippen molar-refractivity contribution in [2.24, 2.45) is 5.92 Å². The maximum atomic E-state index is 15.4. The SMILES string of the molecule is COc1cc2sc(C(=O)CCC(=O)O)cc2nc1OCCCOc1c(OC)cc2sc(C(=O)CC(C)C(=O)O)cc2c1F. The molecule has 0 aliphatic carbocycles. The van der Waals surface area contributed by atoms with Crippen LogP contribution in [0.4, 0.5) is 4.39 Å². The average Bonchev–Trinajstić information content (AvgIpc) is 3.60. The number of fused-ring (bicyclic) bond motifs is 2. The Bertz CT molecular complexity index is 1700. The molecule has 14 heteroatoms. The van der Waals surface area contributed by atoms with Crippen molar-refractivity contribution in [2.45, 2.75) is 32.6 Å². The van der Waals surface area contributed by atoms with Gasteiger partial charge in [0, 0.05) is 41.5 Å². The van der Waals surface area contributed by atoms with E-state index in [2.05, 4.69) is 4.98 Å². The van der Waals surface area contributed by atoms with Crippen molar-refractivity contribution in [3.05, 3.63) is 39.8 Å². The molecular formula is C29H28FNO10S2. The van der Waals surface area contributed by atoms with Crippen LogP contribution >= 0.6 is 22.7 Å². The number of ketones is 2. The van der Waals surface area contributed by atoms with Crippen molar-refractivity contribution >= 4 is 66.5 Å². The normalized spacial score (nSPS) is 11.8. The molecule has 0 radical (unpaired) electrons. The molecule has 0 saturated heterocycles. The lowest BCUT2D eigenvalue weighted by Crippen LogP contribution is -2.13. The molecule has 0 bridgehead atoms. The molecule has 0 aliphatic rings. The fraction of sp³-hybridized carbons (Fsp3) is 0.345. The van der Waals surface area contributed by atoms with Crippen molar-refractivity contribution in [3.63, 3.8) is 0 Å². The number of hydrogen-bond acceptors (Lipinski definition) is 11. The molecule has 0 fully saturated rings. The number of rotatable bonds is 16. The van der Waals surface area contributed by atoms with Gasteiger partial charge >= 0.3 is 11.9 Å². The van der Waals surface area contributed by atoms with Gasteiger partial charge in [-0.2, -0.15) is 0 Å². The number of carboxylic acids is 2. The van der Waals surface area contributed by atoms with E-state index >= 15 is 4.39 Å². The maximum absolute atomic E-state index is 15.4. The van der Waals surface area contributed by atoms with Crippen LogP contribution in [0.15, 0.2) is 24.3 Å². The first kappa shape index (κ1) is 31.6. The van der Waals surface area contributed by atoms with Gasteiger partial charge in [0.15, 0.2) is 34.6 Å². The van der Waals surface area contributed by atoms with Gasteiger partial charge in [0.25, 0.3) is 5.88 Å². The number of halogens is 1. The second kappa shape index (κ2) is 13.8. The van der Waals surface area contributed by atoms with E-state index in [9.17, 15) is 19.2 Å². The summed E-state index contributed by atoms with van der Waals surface area (Å²) in [5.74, 6) is -3.82. The minimum absolute atomic E-state index is 0.0517. The number of thiophene rings is 2. The number of carbonyl (C=O) groups is 4. The average molecular weight is 634 g/mol. The highest BCUT2D eigenvalue weighted by molar-refractivity contribution is 7.21. The van der Waals surface area contributed by atoms with Crippen molar-refractivity contribution in [3.8, 4) is 23.1 Å². The maximum Gasteiger partial charge on any atom is 0.306 e. The van der Waals surface area contributed by atoms with Crippen molar-refractivity contribution < 1.29 is 52.7 Å². The standard InChI is InChI=1S/C29H28FNO10S2/c1-14(29(36)37)9-18(33)23-10-15-21(42-23)12-19(38-2)27(26(15)30)40-7-4-8-41-28-20(39-3)13-22-16(31-28)11-24(43-22)17(32)5-6-25(34)35/h10-14H,4-9H2,1-3H3,(H,34,35)(H,36,37). The Kier molecular flexibility index (Phi) is 10.1. The summed E-state index contributed by atoms with van der Waals surface area (Å²) < 4.78 is 38.7. The molecule has 0 aliphatic heterocycles. The molecule has 4 aromatic rings. The van der Waals surface area contributed by atoms with Gasteiger partial charge in [-0.05, 0) is 12.1 Å². The minimum atomic E-state index is -1.08. The quantitative estimate of drug-likeness (QED) is 0.112. The van der Waals surface area contributed by atoms with Crippen molar-refractivity contribution in [1.29, 1.82) is 0 Å². The van der Waals surface area contributed by atoms with Crippen LogP contribution in [-0.4, -0.2) is 66.1 Å². The number of hydrogen-bond donors (Lipinski definition) is 2. The molecule has 3 aromatic heterocycles. The van der Waals surface area contributed by atoms with Crippen LogP contribution in [0, 0.1) is 11.7 Å². The second-order valence-electron chi connectivity index (χ2n) is 9.47. The summed E-state index contributed by atoms with van der Waals surface area (Å²) >= 11 is 2.24. The lowest BCUT2D eigenvalue weighted by Gasteiger charge is -2.13. The van der Waals surface area contributed by atoms with Gasteiger partial charge in [0.2, 0.25) is 0 Å². The number of nitrogens with zero attached hydrogens (tertiary/aromatic N) is 1. The first-order chi connectivity index (χ1) is 20.5. The van der Waals surface area contributed by atoms with Gasteiger partial charge in [-0.1, -0.05) is 6.92 Å². The third kappa shape index (κ3) is 7.38. The Labute approximate surface area is 252 Å². The van der Waals surface area contributed by atoms with Crippen LogP contribution in [0.1, 0.15) is 52.0 Å². The number of aromatic nitrogens is 1. The summed E-state index contributed by atoms with van der Waals surface area (Å²) in [5.41, 5.74) is 0.502. The van der Waals surface area contributed by atoms with Gasteiger partial charge in [-0.25, -0.2) is 9.37 Å². The molecule has 2 N–H and O–H groups in total. The lowest BCUT2D eigenvalue weighted by molar-refractivity contribution is -0.141. The number of Topliss-reactive ketones (excluding diaryl/α,β-unsaturated/α-hetero) is 2. The Morgan fingerprint density at radius 2 is 1.53 bits per heavy atom. The summed E-state index contributed by atoms with van der Waals surface area (Å²) in [6, 6.07) is 6.23. The van der Waals surface area contributed by atoms with Crippen molar-refractivity contribution in [2.75, 3.05) is 27.4 Å². The van der Waals surface area contributed by atoms with Crippen LogP contribution in [0.25, 0.3) is 20.3 Å². The molecule has 1 atom stereocenters. The fourth-order valence-electron chi connectivity index (χ4n) is 4.05. The van der Waals surface area contributed by atoms with E-state index in [1.807, 2.05) is 0 Å². The lowest BCUT2D eigenvalue weighted by atomic mass is 10.0. The summed E-state index contributed by atoms with van der Waals surface area (Å²) in [4.78, 5) is 51.8. The highest BCUT2D eigenvalue weighted by Crippen LogP contribution is 2.40. The third-order valence-electron chi connectivity index (χ3n) is 6.36. The summed E-state index contributed by atoms with van der Waals surface area (Å²) in [6.45, 7) is 1.62. The van der Waals surface area contributed by atoms with E-state index in [-0.39, 0.29) is 71.7 Å². The largest absolute Gasteiger partial charge is 0.493 e. The monoisotopic (exact) mass is 633 g/mol. The predicted octanol–water partition coefficient (Wildman–Crippen LogP) is 5.86. The van der Waals surface area contributed by atoms with E-state index in [1.165, 1.54) is 38.5 Å². The van der Waals surface area contributed by atoms with E-state index in [4.69, 9.17) is 29.2 Å². The smallest absolute Gasteiger partial charge is 0.306 e. The van der Waals surface area contributed by atoms with Gasteiger partial charge in [0.1, 0.15) is 0 Å². The molecule has 3 heterocycles. The van der Waals surface area contributed by atoms with E-state index in [0.717, 1.165) is 11.3 Å². The molecule has 11 nitrogen and oxygen atoms in total. The highest BCUT2D eigenvalue weighted by Gasteiger charge is 2.23. The first-order valence-corrected chi connectivity index (χ1v) is 14.7. The number of pyridine rings is 1. The fourth-order valence-corrected chi connectivity index (χ4v) is 6.09. The van der Waals surface area contributed by atoms with Gasteiger partial charge in [-0.3, -0.25) is 19.2 Å². The van der Waals surface area contributed by atoms with E-state index in [0.29, 0.717) is 32.0 Å². The topological polar surface area (TPSA) is 159 Å². The van der Waals surface area contributed by atoms with E-state index in [1.54, 1.807) is 18.2 Å². The Morgan fingerprint density at radius 3 is 2.21 bits per heavy atom. The van der Waals surface area contributed by atoms with Gasteiger partial charge in [0.05, 0.1) is 59.7 Å². The van der Waals surface area contributed by atoms with Crippen LogP contribution in [0.3, 0.4) is 0 Å². The molecule has 0 amide bonds. The van der Waals surface area contributed by atoms with E-state index < -0.39 is 23.7 Å². The second-order valence-corrected chi connectivity index (χ2v) is 11.6. The molecule has 0 spiro atoms. The van der Waals surface area contributed by atoms with Crippen molar-refractivity contribution in [1.82, 2.24) is 4.98 Å². The summed E-state index contributed by atoms with van der Waals surface area (Å²) in [6.07, 6.45) is -0.244. The Hall–Kier alpha value is -4.30. The van der Waals surface area contributed by atoms with Crippen LogP contribution in [-0.2, 0) is 9.59 Å². The van der Waals surface area contributed by atoms with Crippen LogP contribution in [0.5, 0.6) is 23.1 Å². The minimum Gasteiger partial charge on any atom is -0.493 e. The molecule has 0 saturated carbocycles. The molecule has 43 heavy (non-hydrogen) atoms. The number of aliphatic carboxylic acids is 2. The zero-order valence-electron chi connectivity index (χ0n) is 23.4. The molecule has 1 aromatic carbocycles. The first-order valence-electron chi connectivity index (χ1n) is 13.1. The number of carbonyl (C=O) groups excluding carboxylic acids is 2. The third-order valence-corrected chi connectivity index (χ3v) is 8.60. The molecule has 228 valence electrons. The number of carboxylic acid groups (broad SMARTS) is 2. The zero-order valence-corrected chi connectivity index (χ0v) is 25.1. The zero-order chi connectivity index (χ0) is 31.3. The van der Waals surface area contributed by atoms with Crippen LogP contribution in [0.2, 0.25) is 0 Å². The van der Waals surface area contributed by atoms with Gasteiger partial charge < -0.3 is 29.2 Å². The Morgan fingerprint density at radius 1 is 0.884 bits per heavy atom.